The lowest BCUT2D eigenvalue weighted by Crippen LogP contribution is -2.18. The molecule has 22 heavy (non-hydrogen) atoms. The summed E-state index contributed by atoms with van der Waals surface area (Å²) in [6, 6.07) is 5.10. The fraction of sp³-hybridized carbons (Fsp3) is 0.588. The largest absolute Gasteiger partial charge is 0.481 e. The van der Waals surface area contributed by atoms with E-state index in [-0.39, 0.29) is 35.5 Å². The van der Waals surface area contributed by atoms with E-state index in [2.05, 4.69) is 0 Å². The van der Waals surface area contributed by atoms with E-state index >= 15 is 0 Å². The van der Waals surface area contributed by atoms with Crippen molar-refractivity contribution in [1.82, 2.24) is 0 Å². The second kappa shape index (κ2) is 9.36. The standard InChI is InChI=1S/C17H25ClFNO.ClH/c1-5-21-16(20)13(7-6-10-18)12-8-9-15(19)14(11-12)17(2,3)4;/h8-9,11,13,20H,5-7,10H2,1-4H3;1H. The van der Waals surface area contributed by atoms with Crippen LogP contribution in [0.4, 0.5) is 4.39 Å². The Morgan fingerprint density at radius 3 is 2.50 bits per heavy atom. The number of hydrogen-bond donors (Lipinski definition) is 1. The van der Waals surface area contributed by atoms with Crippen LogP contribution in [0.15, 0.2) is 18.2 Å². The Morgan fingerprint density at radius 1 is 1.36 bits per heavy atom. The third-order valence-electron chi connectivity index (χ3n) is 3.44. The first-order chi connectivity index (χ1) is 9.81. The summed E-state index contributed by atoms with van der Waals surface area (Å²) in [5.74, 6) is 0.410. The maximum absolute atomic E-state index is 14.0. The highest BCUT2D eigenvalue weighted by atomic mass is 35.5. The molecule has 0 saturated carbocycles. The summed E-state index contributed by atoms with van der Waals surface area (Å²) in [6.07, 6.45) is 1.53. The molecule has 0 heterocycles. The zero-order valence-corrected chi connectivity index (χ0v) is 15.3. The van der Waals surface area contributed by atoms with Gasteiger partial charge in [0.15, 0.2) is 5.90 Å². The van der Waals surface area contributed by atoms with E-state index in [0.29, 0.717) is 18.1 Å². The number of alkyl halides is 1. The molecule has 0 spiro atoms. The summed E-state index contributed by atoms with van der Waals surface area (Å²) in [7, 11) is 0. The summed E-state index contributed by atoms with van der Waals surface area (Å²) in [6.45, 7) is 8.27. The number of ether oxygens (including phenoxy) is 1. The van der Waals surface area contributed by atoms with Gasteiger partial charge in [-0.3, -0.25) is 5.41 Å². The van der Waals surface area contributed by atoms with Gasteiger partial charge in [-0.05, 0) is 42.4 Å². The highest BCUT2D eigenvalue weighted by Gasteiger charge is 2.23. The van der Waals surface area contributed by atoms with Crippen LogP contribution in [-0.2, 0) is 10.2 Å². The van der Waals surface area contributed by atoms with Crippen LogP contribution in [0, 0.1) is 11.2 Å². The number of hydrogen-bond acceptors (Lipinski definition) is 2. The lowest BCUT2D eigenvalue weighted by atomic mass is 9.83. The molecule has 0 radical (unpaired) electrons. The van der Waals surface area contributed by atoms with E-state index in [0.717, 1.165) is 18.4 Å². The van der Waals surface area contributed by atoms with Crippen molar-refractivity contribution in [3.63, 3.8) is 0 Å². The second-order valence-electron chi connectivity index (χ2n) is 6.17. The molecule has 0 aliphatic heterocycles. The van der Waals surface area contributed by atoms with E-state index in [9.17, 15) is 4.39 Å². The van der Waals surface area contributed by atoms with Crippen LogP contribution in [0.5, 0.6) is 0 Å². The number of halogens is 3. The zero-order valence-electron chi connectivity index (χ0n) is 13.7. The SMILES string of the molecule is CCOC(=N)C(CCCCl)c1ccc(F)c(C(C)(C)C)c1.Cl. The van der Waals surface area contributed by atoms with Gasteiger partial charge >= 0.3 is 0 Å². The van der Waals surface area contributed by atoms with Gasteiger partial charge < -0.3 is 4.74 Å². The van der Waals surface area contributed by atoms with Crippen molar-refractivity contribution in [2.45, 2.75) is 51.9 Å². The first-order valence-corrected chi connectivity index (χ1v) is 7.91. The van der Waals surface area contributed by atoms with Crippen LogP contribution in [0.25, 0.3) is 0 Å². The lowest BCUT2D eigenvalue weighted by Gasteiger charge is -2.24. The highest BCUT2D eigenvalue weighted by molar-refractivity contribution is 6.17. The Labute approximate surface area is 144 Å². The van der Waals surface area contributed by atoms with Crippen molar-refractivity contribution in [3.8, 4) is 0 Å². The Kier molecular flexibility index (Phi) is 9.02. The van der Waals surface area contributed by atoms with E-state index < -0.39 is 0 Å². The molecule has 1 atom stereocenters. The quantitative estimate of drug-likeness (QED) is 0.401. The minimum Gasteiger partial charge on any atom is -0.481 e. The summed E-state index contributed by atoms with van der Waals surface area (Å²) in [5, 5.41) is 8.08. The van der Waals surface area contributed by atoms with E-state index in [1.54, 1.807) is 6.07 Å². The molecule has 1 rings (SSSR count). The van der Waals surface area contributed by atoms with Crippen molar-refractivity contribution in [3.05, 3.63) is 35.1 Å². The molecule has 0 amide bonds. The molecule has 0 bridgehead atoms. The average molecular weight is 350 g/mol. The lowest BCUT2D eigenvalue weighted by molar-refractivity contribution is 0.305. The van der Waals surface area contributed by atoms with Gasteiger partial charge in [0.2, 0.25) is 0 Å². The molecule has 1 aromatic carbocycles. The molecule has 0 saturated heterocycles. The minimum atomic E-state index is -0.273. The van der Waals surface area contributed by atoms with Gasteiger partial charge in [0, 0.05) is 5.88 Å². The number of nitrogens with one attached hydrogen (secondary N) is 1. The molecule has 0 aliphatic carbocycles. The zero-order chi connectivity index (χ0) is 16.0. The number of benzene rings is 1. The van der Waals surface area contributed by atoms with Gasteiger partial charge in [-0.1, -0.05) is 32.9 Å². The van der Waals surface area contributed by atoms with E-state index in [1.165, 1.54) is 6.07 Å². The Bertz CT molecular complexity index is 486. The summed E-state index contributed by atoms with van der Waals surface area (Å²) < 4.78 is 19.4. The molecule has 5 heteroatoms. The predicted molar refractivity (Wildman–Crippen MR) is 94.4 cm³/mol. The fourth-order valence-electron chi connectivity index (χ4n) is 2.32. The molecular weight excluding hydrogens is 324 g/mol. The van der Waals surface area contributed by atoms with Crippen molar-refractivity contribution in [2.24, 2.45) is 0 Å². The highest BCUT2D eigenvalue weighted by Crippen LogP contribution is 2.31. The van der Waals surface area contributed by atoms with Crippen LogP contribution < -0.4 is 0 Å². The van der Waals surface area contributed by atoms with Crippen molar-refractivity contribution in [1.29, 1.82) is 5.41 Å². The fourth-order valence-corrected chi connectivity index (χ4v) is 2.48. The van der Waals surface area contributed by atoms with Gasteiger partial charge in [0.1, 0.15) is 5.82 Å². The number of rotatable bonds is 6. The predicted octanol–water partition coefficient (Wildman–Crippen LogP) is 5.66. The van der Waals surface area contributed by atoms with Gasteiger partial charge in [-0.15, -0.1) is 24.0 Å². The normalized spacial score (nSPS) is 12.5. The Hall–Kier alpha value is -0.800. The minimum absolute atomic E-state index is 0. The molecule has 1 aromatic rings. The maximum atomic E-state index is 14.0. The van der Waals surface area contributed by atoms with Gasteiger partial charge in [-0.2, -0.15) is 0 Å². The summed E-state index contributed by atoms with van der Waals surface area (Å²) in [4.78, 5) is 0. The molecule has 0 fully saturated rings. The van der Waals surface area contributed by atoms with Gasteiger partial charge in [-0.25, -0.2) is 4.39 Å². The third-order valence-corrected chi connectivity index (χ3v) is 3.71. The molecule has 1 unspecified atom stereocenters. The van der Waals surface area contributed by atoms with Gasteiger partial charge in [0.05, 0.1) is 12.5 Å². The first-order valence-electron chi connectivity index (χ1n) is 7.38. The van der Waals surface area contributed by atoms with Crippen molar-refractivity contribution >= 4 is 29.9 Å². The maximum Gasteiger partial charge on any atom is 0.188 e. The Balaban J connectivity index is 0.00000441. The Morgan fingerprint density at radius 2 is 2.00 bits per heavy atom. The van der Waals surface area contributed by atoms with E-state index in [1.807, 2.05) is 33.8 Å². The first kappa shape index (κ1) is 21.2. The molecule has 2 nitrogen and oxygen atoms in total. The van der Waals surface area contributed by atoms with Gasteiger partial charge in [0.25, 0.3) is 0 Å². The van der Waals surface area contributed by atoms with E-state index in [4.69, 9.17) is 21.7 Å². The smallest absolute Gasteiger partial charge is 0.188 e. The van der Waals surface area contributed by atoms with Crippen LogP contribution in [0.1, 0.15) is 57.6 Å². The monoisotopic (exact) mass is 349 g/mol. The molecular formula is C17H26Cl2FNO. The summed E-state index contributed by atoms with van der Waals surface area (Å²) >= 11 is 5.77. The summed E-state index contributed by atoms with van der Waals surface area (Å²) in [5.41, 5.74) is 1.32. The third kappa shape index (κ3) is 5.77. The molecule has 0 aromatic heterocycles. The molecule has 0 aliphatic rings. The topological polar surface area (TPSA) is 33.1 Å². The molecule has 1 N–H and O–H groups in total. The van der Waals surface area contributed by atoms with Crippen molar-refractivity contribution in [2.75, 3.05) is 12.5 Å². The van der Waals surface area contributed by atoms with Crippen LogP contribution in [-0.4, -0.2) is 18.4 Å². The van der Waals surface area contributed by atoms with Crippen LogP contribution in [0.2, 0.25) is 0 Å². The second-order valence-corrected chi connectivity index (χ2v) is 6.55. The van der Waals surface area contributed by atoms with Crippen LogP contribution >= 0.6 is 24.0 Å². The average Bonchev–Trinajstić information content (AvgIpc) is 2.39. The van der Waals surface area contributed by atoms with Crippen molar-refractivity contribution < 1.29 is 9.13 Å². The van der Waals surface area contributed by atoms with Crippen LogP contribution in [0.3, 0.4) is 0 Å². The molecule has 126 valence electrons.